The summed E-state index contributed by atoms with van der Waals surface area (Å²) in [6, 6.07) is 0. The number of hydrogen-bond acceptors (Lipinski definition) is 1. The number of nitrogens with zero attached hydrogens (tertiary/aromatic N) is 1. The average molecular weight is 253 g/mol. The SMILES string of the molecule is IN1CCC2(CC[NH2+]C2)C1. The summed E-state index contributed by atoms with van der Waals surface area (Å²) in [5, 5.41) is 2.47. The molecule has 0 radical (unpaired) electrons. The van der Waals surface area contributed by atoms with Gasteiger partial charge in [0.05, 0.1) is 13.1 Å². The van der Waals surface area contributed by atoms with Crippen LogP contribution in [0.1, 0.15) is 12.8 Å². The molecule has 2 aliphatic heterocycles. The summed E-state index contributed by atoms with van der Waals surface area (Å²) >= 11 is 2.45. The van der Waals surface area contributed by atoms with Crippen LogP contribution in [0.2, 0.25) is 0 Å². The molecule has 2 saturated heterocycles. The van der Waals surface area contributed by atoms with Crippen LogP contribution in [-0.4, -0.2) is 29.3 Å². The van der Waals surface area contributed by atoms with Crippen LogP contribution in [0.15, 0.2) is 0 Å². The van der Waals surface area contributed by atoms with E-state index in [4.69, 9.17) is 0 Å². The molecule has 0 aromatic carbocycles. The fraction of sp³-hybridized carbons (Fsp3) is 1.00. The Morgan fingerprint density at radius 2 is 2.30 bits per heavy atom. The molecular weight excluding hydrogens is 239 g/mol. The van der Waals surface area contributed by atoms with Crippen molar-refractivity contribution in [1.29, 1.82) is 0 Å². The van der Waals surface area contributed by atoms with E-state index in [0.717, 1.165) is 5.41 Å². The number of rotatable bonds is 0. The normalized spacial score (nSPS) is 41.7. The van der Waals surface area contributed by atoms with Gasteiger partial charge in [-0.2, -0.15) is 0 Å². The van der Waals surface area contributed by atoms with Gasteiger partial charge in [-0.1, -0.05) is 0 Å². The van der Waals surface area contributed by atoms with Crippen LogP contribution in [0.3, 0.4) is 0 Å². The van der Waals surface area contributed by atoms with Crippen molar-refractivity contribution in [3.8, 4) is 0 Å². The van der Waals surface area contributed by atoms with Crippen LogP contribution in [0.25, 0.3) is 0 Å². The van der Waals surface area contributed by atoms with E-state index in [1.165, 1.54) is 39.0 Å². The molecule has 0 aromatic rings. The third kappa shape index (κ3) is 1.19. The number of hydrogen-bond donors (Lipinski definition) is 1. The van der Waals surface area contributed by atoms with E-state index in [0.29, 0.717) is 0 Å². The summed E-state index contributed by atoms with van der Waals surface area (Å²) < 4.78 is 2.44. The van der Waals surface area contributed by atoms with Gasteiger partial charge in [-0.25, -0.2) is 3.11 Å². The maximum absolute atomic E-state index is 2.47. The highest BCUT2D eigenvalue weighted by molar-refractivity contribution is 14.1. The second-order valence-electron chi connectivity index (χ2n) is 3.63. The van der Waals surface area contributed by atoms with E-state index in [2.05, 4.69) is 31.3 Å². The molecule has 58 valence electrons. The topological polar surface area (TPSA) is 19.9 Å². The van der Waals surface area contributed by atoms with Gasteiger partial charge in [-0.15, -0.1) is 0 Å². The Bertz CT molecular complexity index is 132. The number of halogens is 1. The molecule has 3 heteroatoms. The van der Waals surface area contributed by atoms with Crippen molar-refractivity contribution < 1.29 is 5.32 Å². The van der Waals surface area contributed by atoms with Gasteiger partial charge in [-0.3, -0.25) is 0 Å². The molecular formula is C7H14IN2+. The fourth-order valence-corrected chi connectivity index (χ4v) is 3.13. The Balaban J connectivity index is 2.03. The predicted molar refractivity (Wildman–Crippen MR) is 48.9 cm³/mol. The fourth-order valence-electron chi connectivity index (χ4n) is 2.17. The van der Waals surface area contributed by atoms with Crippen LogP contribution in [0.4, 0.5) is 0 Å². The molecule has 1 atom stereocenters. The zero-order chi connectivity index (χ0) is 7.03. The molecule has 2 heterocycles. The van der Waals surface area contributed by atoms with Gasteiger partial charge in [0.1, 0.15) is 0 Å². The van der Waals surface area contributed by atoms with Gasteiger partial charge in [0, 0.05) is 47.8 Å². The molecule has 2 fully saturated rings. The standard InChI is InChI=1S/C7H13IN2/c8-10-4-2-7(6-10)1-3-9-5-7/h9H,1-6H2/p+1. The third-order valence-corrected chi connectivity index (χ3v) is 3.67. The summed E-state index contributed by atoms with van der Waals surface area (Å²) in [4.78, 5) is 0. The van der Waals surface area contributed by atoms with E-state index < -0.39 is 0 Å². The molecule has 0 aromatic heterocycles. The minimum Gasteiger partial charge on any atom is -0.346 e. The van der Waals surface area contributed by atoms with Crippen LogP contribution in [0, 0.1) is 5.41 Å². The van der Waals surface area contributed by atoms with Crippen molar-refractivity contribution >= 4 is 22.9 Å². The first-order valence-electron chi connectivity index (χ1n) is 4.03. The Labute approximate surface area is 75.8 Å². The first-order valence-corrected chi connectivity index (χ1v) is 5.00. The highest BCUT2D eigenvalue weighted by Gasteiger charge is 2.42. The maximum atomic E-state index is 2.47. The highest BCUT2D eigenvalue weighted by Crippen LogP contribution is 2.35. The van der Waals surface area contributed by atoms with Gasteiger partial charge >= 0.3 is 0 Å². The maximum Gasteiger partial charge on any atom is 0.0827 e. The van der Waals surface area contributed by atoms with Gasteiger partial charge in [0.2, 0.25) is 0 Å². The molecule has 0 aliphatic carbocycles. The van der Waals surface area contributed by atoms with E-state index in [9.17, 15) is 0 Å². The largest absolute Gasteiger partial charge is 0.346 e. The summed E-state index contributed by atoms with van der Waals surface area (Å²) in [6.07, 6.45) is 2.89. The quantitative estimate of drug-likeness (QED) is 0.475. The Morgan fingerprint density at radius 3 is 2.80 bits per heavy atom. The number of quaternary nitrogens is 1. The van der Waals surface area contributed by atoms with Gasteiger partial charge in [-0.05, 0) is 6.42 Å². The lowest BCUT2D eigenvalue weighted by molar-refractivity contribution is -0.640. The Morgan fingerprint density at radius 1 is 1.40 bits per heavy atom. The summed E-state index contributed by atoms with van der Waals surface area (Å²) in [6.45, 7) is 5.40. The molecule has 2 N–H and O–H groups in total. The number of nitrogens with two attached hydrogens (primary N) is 1. The van der Waals surface area contributed by atoms with Crippen LogP contribution >= 0.6 is 22.9 Å². The molecule has 1 unspecified atom stereocenters. The third-order valence-electron chi connectivity index (χ3n) is 2.85. The van der Waals surface area contributed by atoms with E-state index in [1.54, 1.807) is 0 Å². The lowest BCUT2D eigenvalue weighted by atomic mass is 9.87. The van der Waals surface area contributed by atoms with Crippen LogP contribution < -0.4 is 5.32 Å². The smallest absolute Gasteiger partial charge is 0.0827 e. The summed E-state index contributed by atoms with van der Waals surface area (Å²) in [5.41, 5.74) is 0.723. The monoisotopic (exact) mass is 253 g/mol. The van der Waals surface area contributed by atoms with Gasteiger partial charge < -0.3 is 5.32 Å². The van der Waals surface area contributed by atoms with Crippen molar-refractivity contribution in [3.05, 3.63) is 0 Å². The van der Waals surface area contributed by atoms with Gasteiger partial charge in [0.15, 0.2) is 0 Å². The predicted octanol–water partition coefficient (Wildman–Crippen LogP) is -0.00440. The van der Waals surface area contributed by atoms with Gasteiger partial charge in [0.25, 0.3) is 0 Å². The van der Waals surface area contributed by atoms with E-state index in [1.807, 2.05) is 0 Å². The Hall–Kier alpha value is 0.650. The summed E-state index contributed by atoms with van der Waals surface area (Å²) in [5.74, 6) is 0. The molecule has 10 heavy (non-hydrogen) atoms. The van der Waals surface area contributed by atoms with E-state index >= 15 is 0 Å². The van der Waals surface area contributed by atoms with Crippen LogP contribution in [0.5, 0.6) is 0 Å². The van der Waals surface area contributed by atoms with E-state index in [-0.39, 0.29) is 0 Å². The molecule has 2 rings (SSSR count). The molecule has 0 bridgehead atoms. The second-order valence-corrected chi connectivity index (χ2v) is 4.99. The molecule has 0 saturated carbocycles. The molecule has 0 amide bonds. The van der Waals surface area contributed by atoms with Crippen molar-refractivity contribution in [2.24, 2.45) is 5.41 Å². The zero-order valence-corrected chi connectivity index (χ0v) is 8.30. The second kappa shape index (κ2) is 2.60. The van der Waals surface area contributed by atoms with Crippen molar-refractivity contribution in [2.75, 3.05) is 26.2 Å². The van der Waals surface area contributed by atoms with Crippen molar-refractivity contribution in [2.45, 2.75) is 12.8 Å². The first-order chi connectivity index (χ1) is 4.81. The average Bonchev–Trinajstić information content (AvgIpc) is 2.46. The lowest BCUT2D eigenvalue weighted by Crippen LogP contribution is -2.82. The minimum absolute atomic E-state index is 0.723. The molecule has 2 nitrogen and oxygen atoms in total. The van der Waals surface area contributed by atoms with Crippen molar-refractivity contribution in [1.82, 2.24) is 3.11 Å². The first kappa shape index (κ1) is 7.31. The molecule has 2 aliphatic rings. The van der Waals surface area contributed by atoms with Crippen LogP contribution in [-0.2, 0) is 0 Å². The zero-order valence-electron chi connectivity index (χ0n) is 6.15. The van der Waals surface area contributed by atoms with Crippen molar-refractivity contribution in [3.63, 3.8) is 0 Å². The molecule has 1 spiro atoms. The minimum atomic E-state index is 0.723. The summed E-state index contributed by atoms with van der Waals surface area (Å²) in [7, 11) is 0. The Kier molecular flexibility index (Phi) is 1.90. The highest BCUT2D eigenvalue weighted by atomic mass is 127. The lowest BCUT2D eigenvalue weighted by Gasteiger charge is -2.16.